The normalized spacial score (nSPS) is 17.0. The van der Waals surface area contributed by atoms with Crippen molar-refractivity contribution in [3.05, 3.63) is 64.4 Å². The van der Waals surface area contributed by atoms with Crippen LogP contribution in [0.15, 0.2) is 51.7 Å². The van der Waals surface area contributed by atoms with Crippen molar-refractivity contribution in [2.24, 2.45) is 0 Å². The van der Waals surface area contributed by atoms with E-state index in [0.29, 0.717) is 17.6 Å². The summed E-state index contributed by atoms with van der Waals surface area (Å²) in [7, 11) is 0. The smallest absolute Gasteiger partial charge is 0.408 e. The highest BCUT2D eigenvalue weighted by Crippen LogP contribution is 2.32. The molecule has 1 aliphatic heterocycles. The molecular weight excluding hydrogens is 356 g/mol. The van der Waals surface area contributed by atoms with Crippen molar-refractivity contribution in [3.8, 4) is 0 Å². The largest absolute Gasteiger partial charge is 0.420 e. The van der Waals surface area contributed by atoms with Crippen LogP contribution in [0.4, 0.5) is 0 Å². The summed E-state index contributed by atoms with van der Waals surface area (Å²) < 4.78 is 6.64. The van der Waals surface area contributed by atoms with E-state index in [0.717, 1.165) is 35.3 Å². The van der Waals surface area contributed by atoms with Gasteiger partial charge in [0.15, 0.2) is 5.58 Å². The molecular formula is C21H20N4O3. The predicted molar refractivity (Wildman–Crippen MR) is 105 cm³/mol. The molecule has 7 nitrogen and oxygen atoms in total. The van der Waals surface area contributed by atoms with E-state index in [1.54, 1.807) is 18.2 Å². The fourth-order valence-corrected chi connectivity index (χ4v) is 4.04. The predicted octanol–water partition coefficient (Wildman–Crippen LogP) is 3.14. The van der Waals surface area contributed by atoms with Gasteiger partial charge in [-0.2, -0.15) is 0 Å². The summed E-state index contributed by atoms with van der Waals surface area (Å²) in [6, 6.07) is 13.1. The molecule has 0 bridgehead atoms. The number of benzene rings is 2. The van der Waals surface area contributed by atoms with Gasteiger partial charge in [0.05, 0.1) is 22.6 Å². The number of para-hydroxylation sites is 2. The van der Waals surface area contributed by atoms with Gasteiger partial charge in [0.25, 0.3) is 0 Å². The Balaban J connectivity index is 1.45. The maximum atomic E-state index is 13.0. The molecule has 28 heavy (non-hydrogen) atoms. The molecule has 1 saturated heterocycles. The molecule has 1 amide bonds. The Morgan fingerprint density at radius 1 is 1.29 bits per heavy atom. The van der Waals surface area contributed by atoms with Crippen molar-refractivity contribution in [1.82, 2.24) is 19.4 Å². The number of hydrogen-bond donors (Lipinski definition) is 1. The average Bonchev–Trinajstić information content (AvgIpc) is 3.38. The van der Waals surface area contributed by atoms with Gasteiger partial charge < -0.3 is 14.3 Å². The second-order valence-electron chi connectivity index (χ2n) is 7.31. The number of carbonyl (C=O) groups excluding carboxylic acids is 1. The van der Waals surface area contributed by atoms with E-state index in [-0.39, 0.29) is 18.5 Å². The Morgan fingerprint density at radius 3 is 3.04 bits per heavy atom. The van der Waals surface area contributed by atoms with E-state index in [4.69, 9.17) is 9.40 Å². The van der Waals surface area contributed by atoms with E-state index in [1.165, 1.54) is 4.57 Å². The van der Waals surface area contributed by atoms with Crippen LogP contribution in [0, 0.1) is 6.92 Å². The van der Waals surface area contributed by atoms with Crippen LogP contribution in [-0.4, -0.2) is 31.9 Å². The van der Waals surface area contributed by atoms with Crippen molar-refractivity contribution in [3.63, 3.8) is 0 Å². The average molecular weight is 376 g/mol. The summed E-state index contributed by atoms with van der Waals surface area (Å²) in [5.41, 5.74) is 4.17. The van der Waals surface area contributed by atoms with Gasteiger partial charge in [-0.25, -0.2) is 9.78 Å². The fraction of sp³-hybridized carbons (Fsp3) is 0.286. The standard InChI is InChI=1S/C21H20N4O3/c1-13-8-9-14-15(11-13)23-20(22-14)17-6-4-10-24(17)19(26)12-25-16-5-2-3-7-18(16)28-21(25)27/h2-3,5,7-9,11,17H,4,6,10,12H2,1H3,(H,22,23)/t17-/m0/s1. The van der Waals surface area contributed by atoms with Crippen LogP contribution in [0.5, 0.6) is 0 Å². The zero-order valence-corrected chi connectivity index (χ0v) is 15.5. The molecule has 7 heteroatoms. The van der Waals surface area contributed by atoms with Gasteiger partial charge in [0.1, 0.15) is 12.4 Å². The van der Waals surface area contributed by atoms with Gasteiger partial charge >= 0.3 is 5.76 Å². The number of amides is 1. The van der Waals surface area contributed by atoms with Crippen molar-refractivity contribution in [2.75, 3.05) is 6.54 Å². The van der Waals surface area contributed by atoms with Gasteiger partial charge in [-0.1, -0.05) is 18.2 Å². The number of fused-ring (bicyclic) bond motifs is 2. The van der Waals surface area contributed by atoms with Gasteiger partial charge in [-0.05, 0) is 49.6 Å². The van der Waals surface area contributed by atoms with E-state index in [9.17, 15) is 9.59 Å². The number of imidazole rings is 1. The number of H-pyrrole nitrogens is 1. The highest BCUT2D eigenvalue weighted by Gasteiger charge is 2.32. The third-order valence-corrected chi connectivity index (χ3v) is 5.41. The minimum absolute atomic E-state index is 0.0360. The first-order valence-electron chi connectivity index (χ1n) is 9.44. The summed E-state index contributed by atoms with van der Waals surface area (Å²) in [6.45, 7) is 2.66. The SMILES string of the molecule is Cc1ccc2nc([C@@H]3CCCN3C(=O)Cn3c(=O)oc4ccccc43)[nH]c2c1. The van der Waals surface area contributed by atoms with Gasteiger partial charge in [-0.15, -0.1) is 0 Å². The maximum Gasteiger partial charge on any atom is 0.420 e. The van der Waals surface area contributed by atoms with Crippen molar-refractivity contribution < 1.29 is 9.21 Å². The van der Waals surface area contributed by atoms with Gasteiger partial charge in [0, 0.05) is 6.54 Å². The molecule has 0 saturated carbocycles. The summed E-state index contributed by atoms with van der Waals surface area (Å²) in [4.78, 5) is 35.1. The quantitative estimate of drug-likeness (QED) is 0.595. The molecule has 3 heterocycles. The first kappa shape index (κ1) is 16.8. The molecule has 0 unspecified atom stereocenters. The number of aryl methyl sites for hydroxylation is 1. The van der Waals surface area contributed by atoms with Gasteiger partial charge in [0.2, 0.25) is 5.91 Å². The molecule has 1 aliphatic rings. The van der Waals surface area contributed by atoms with E-state index in [1.807, 2.05) is 30.0 Å². The van der Waals surface area contributed by atoms with E-state index < -0.39 is 5.76 Å². The van der Waals surface area contributed by atoms with Crippen molar-refractivity contribution >= 4 is 28.0 Å². The van der Waals surface area contributed by atoms with E-state index >= 15 is 0 Å². The third kappa shape index (κ3) is 2.70. The highest BCUT2D eigenvalue weighted by molar-refractivity contribution is 5.80. The summed E-state index contributed by atoms with van der Waals surface area (Å²) in [5, 5.41) is 0. The zero-order valence-electron chi connectivity index (χ0n) is 15.5. The molecule has 4 aromatic rings. The minimum Gasteiger partial charge on any atom is -0.408 e. The minimum atomic E-state index is -0.510. The lowest BCUT2D eigenvalue weighted by Crippen LogP contribution is -2.35. The first-order valence-corrected chi connectivity index (χ1v) is 9.44. The molecule has 1 fully saturated rings. The lowest BCUT2D eigenvalue weighted by Gasteiger charge is -2.23. The summed E-state index contributed by atoms with van der Waals surface area (Å²) >= 11 is 0. The van der Waals surface area contributed by atoms with Crippen LogP contribution >= 0.6 is 0 Å². The number of hydrogen-bond acceptors (Lipinski definition) is 4. The number of aromatic nitrogens is 3. The number of carbonyl (C=O) groups is 1. The Kier molecular flexibility index (Phi) is 3.82. The Morgan fingerprint density at radius 2 is 2.14 bits per heavy atom. The second kappa shape index (κ2) is 6.37. The Bertz CT molecular complexity index is 1250. The first-order chi connectivity index (χ1) is 13.6. The van der Waals surface area contributed by atoms with E-state index in [2.05, 4.69) is 11.1 Å². The Labute approximate surface area is 160 Å². The topological polar surface area (TPSA) is 84.1 Å². The molecule has 142 valence electrons. The van der Waals surface area contributed by atoms with Crippen molar-refractivity contribution in [1.29, 1.82) is 0 Å². The Hall–Kier alpha value is -3.35. The molecule has 5 rings (SSSR count). The van der Waals surface area contributed by atoms with Crippen LogP contribution in [0.1, 0.15) is 30.3 Å². The lowest BCUT2D eigenvalue weighted by atomic mass is 10.2. The summed E-state index contributed by atoms with van der Waals surface area (Å²) in [5.74, 6) is 0.188. The number of likely N-dealkylation sites (tertiary alicyclic amines) is 1. The molecule has 0 spiro atoms. The monoisotopic (exact) mass is 376 g/mol. The second-order valence-corrected chi connectivity index (χ2v) is 7.31. The molecule has 0 radical (unpaired) electrons. The lowest BCUT2D eigenvalue weighted by molar-refractivity contribution is -0.132. The highest BCUT2D eigenvalue weighted by atomic mass is 16.4. The molecule has 1 atom stereocenters. The third-order valence-electron chi connectivity index (χ3n) is 5.41. The van der Waals surface area contributed by atoms with Crippen LogP contribution < -0.4 is 5.76 Å². The summed E-state index contributed by atoms with van der Waals surface area (Å²) in [6.07, 6.45) is 1.76. The zero-order chi connectivity index (χ0) is 19.3. The molecule has 0 aliphatic carbocycles. The van der Waals surface area contributed by atoms with Gasteiger partial charge in [-0.3, -0.25) is 9.36 Å². The van der Waals surface area contributed by atoms with Crippen LogP contribution in [0.2, 0.25) is 0 Å². The maximum absolute atomic E-state index is 13.0. The molecule has 2 aromatic carbocycles. The van der Waals surface area contributed by atoms with Crippen LogP contribution in [-0.2, 0) is 11.3 Å². The number of oxazole rings is 1. The fourth-order valence-electron chi connectivity index (χ4n) is 4.04. The number of aromatic amines is 1. The molecule has 2 aromatic heterocycles. The van der Waals surface area contributed by atoms with Crippen molar-refractivity contribution in [2.45, 2.75) is 32.4 Å². The van der Waals surface area contributed by atoms with Crippen LogP contribution in [0.3, 0.4) is 0 Å². The number of nitrogens with zero attached hydrogens (tertiary/aromatic N) is 3. The molecule has 1 N–H and O–H groups in total. The van der Waals surface area contributed by atoms with Crippen LogP contribution in [0.25, 0.3) is 22.1 Å². The number of rotatable bonds is 3. The number of nitrogens with one attached hydrogen (secondary N) is 1.